The summed E-state index contributed by atoms with van der Waals surface area (Å²) in [4.78, 5) is 30.5. The van der Waals surface area contributed by atoms with Gasteiger partial charge in [-0.2, -0.15) is 9.78 Å². The zero-order valence-corrected chi connectivity index (χ0v) is 26.2. The number of rotatable bonds is 10. The van der Waals surface area contributed by atoms with Crippen molar-refractivity contribution in [2.75, 3.05) is 18.5 Å². The molecule has 1 aromatic heterocycles. The third kappa shape index (κ3) is 7.04. The average Bonchev–Trinajstić information content (AvgIpc) is 2.93. The molecule has 3 aromatic carbocycles. The number of aromatic nitrogens is 2. The molecule has 1 heterocycles. The van der Waals surface area contributed by atoms with E-state index in [1.165, 1.54) is 10.9 Å². The molecule has 0 unspecified atom stereocenters. The molecule has 0 bridgehead atoms. The molecule has 0 aliphatic rings. The lowest BCUT2D eigenvalue weighted by Crippen LogP contribution is -2.22. The summed E-state index contributed by atoms with van der Waals surface area (Å²) in [5.41, 5.74) is 1.43. The first-order valence-corrected chi connectivity index (χ1v) is 14.6. The Bertz CT molecular complexity index is 1640. The highest BCUT2D eigenvalue weighted by Crippen LogP contribution is 2.42. The van der Waals surface area contributed by atoms with Crippen LogP contribution >= 0.6 is 55.1 Å². The van der Waals surface area contributed by atoms with Gasteiger partial charge in [-0.25, -0.2) is 4.98 Å². The Morgan fingerprint density at radius 1 is 1.10 bits per heavy atom. The SMILES string of the molecule is CCCc1nc2ccc(Br)cc2c(=O)n1N=Cc1cc(OCC)c(OCC(=O)Nc2ccc(Cl)cc2)c(Cl)c1Br. The number of hydrogen-bond donors (Lipinski definition) is 1. The summed E-state index contributed by atoms with van der Waals surface area (Å²) in [6, 6.07) is 13.8. The van der Waals surface area contributed by atoms with Gasteiger partial charge in [0.25, 0.3) is 11.5 Å². The fourth-order valence-corrected chi connectivity index (χ4v) is 4.92. The maximum absolute atomic E-state index is 13.3. The van der Waals surface area contributed by atoms with Crippen LogP contribution in [0.15, 0.2) is 67.4 Å². The predicted octanol–water partition coefficient (Wildman–Crippen LogP) is 7.48. The summed E-state index contributed by atoms with van der Waals surface area (Å²) in [6.45, 7) is 3.84. The van der Waals surface area contributed by atoms with Crippen LogP contribution in [0.4, 0.5) is 5.69 Å². The summed E-state index contributed by atoms with van der Waals surface area (Å²) in [5.74, 6) is 0.663. The van der Waals surface area contributed by atoms with Crippen molar-refractivity contribution in [2.24, 2.45) is 5.10 Å². The summed E-state index contributed by atoms with van der Waals surface area (Å²) in [7, 11) is 0. The second-order valence-corrected chi connectivity index (χ2v) is 11.0. The molecule has 8 nitrogen and oxygen atoms in total. The molecule has 0 saturated carbocycles. The number of halogens is 4. The van der Waals surface area contributed by atoms with Crippen molar-refractivity contribution in [3.63, 3.8) is 0 Å². The molecule has 0 aliphatic carbocycles. The van der Waals surface area contributed by atoms with E-state index in [2.05, 4.69) is 47.3 Å². The molecule has 0 saturated heterocycles. The second-order valence-electron chi connectivity index (χ2n) is 8.50. The van der Waals surface area contributed by atoms with Gasteiger partial charge >= 0.3 is 0 Å². The van der Waals surface area contributed by atoms with Crippen molar-refractivity contribution < 1.29 is 14.3 Å². The molecular formula is C28H24Br2Cl2N4O4. The number of ether oxygens (including phenoxy) is 2. The topological polar surface area (TPSA) is 94.8 Å². The van der Waals surface area contributed by atoms with Crippen molar-refractivity contribution in [3.05, 3.63) is 89.3 Å². The minimum atomic E-state index is -0.388. The van der Waals surface area contributed by atoms with E-state index in [4.69, 9.17) is 32.7 Å². The molecule has 0 spiro atoms. The van der Waals surface area contributed by atoms with E-state index >= 15 is 0 Å². The normalized spacial score (nSPS) is 11.2. The second kappa shape index (κ2) is 13.6. The minimum Gasteiger partial charge on any atom is -0.490 e. The van der Waals surface area contributed by atoms with E-state index < -0.39 is 0 Å². The zero-order valence-electron chi connectivity index (χ0n) is 21.5. The van der Waals surface area contributed by atoms with Gasteiger partial charge in [0.05, 0.1) is 23.7 Å². The van der Waals surface area contributed by atoms with Gasteiger partial charge in [0, 0.05) is 31.6 Å². The number of nitrogens with zero attached hydrogens (tertiary/aromatic N) is 3. The third-order valence-electron chi connectivity index (χ3n) is 5.59. The van der Waals surface area contributed by atoms with Gasteiger partial charge < -0.3 is 14.8 Å². The Labute approximate surface area is 257 Å². The van der Waals surface area contributed by atoms with Crippen LogP contribution in [-0.2, 0) is 11.2 Å². The van der Waals surface area contributed by atoms with E-state index in [-0.39, 0.29) is 28.8 Å². The fraction of sp³-hybridized carbons (Fsp3) is 0.214. The van der Waals surface area contributed by atoms with E-state index in [9.17, 15) is 9.59 Å². The molecule has 0 atom stereocenters. The van der Waals surface area contributed by atoms with Crippen molar-refractivity contribution in [3.8, 4) is 11.5 Å². The minimum absolute atomic E-state index is 0.188. The lowest BCUT2D eigenvalue weighted by molar-refractivity contribution is -0.118. The molecule has 0 aliphatic heterocycles. The van der Waals surface area contributed by atoms with Crippen LogP contribution < -0.4 is 20.3 Å². The number of fused-ring (bicyclic) bond motifs is 1. The molecule has 40 heavy (non-hydrogen) atoms. The van der Waals surface area contributed by atoms with Gasteiger partial charge in [-0.15, -0.1) is 0 Å². The Hall–Kier alpha value is -2.92. The maximum atomic E-state index is 13.3. The summed E-state index contributed by atoms with van der Waals surface area (Å²) < 4.78 is 14.0. The van der Waals surface area contributed by atoms with Crippen LogP contribution in [0.5, 0.6) is 11.5 Å². The van der Waals surface area contributed by atoms with Crippen LogP contribution in [0, 0.1) is 0 Å². The van der Waals surface area contributed by atoms with E-state index in [0.29, 0.717) is 56.3 Å². The molecule has 0 fully saturated rings. The Kier molecular flexibility index (Phi) is 10.2. The first kappa shape index (κ1) is 30.0. The van der Waals surface area contributed by atoms with E-state index in [0.717, 1.165) is 10.9 Å². The molecule has 1 N–H and O–H groups in total. The Morgan fingerprint density at radius 2 is 1.85 bits per heavy atom. The lowest BCUT2D eigenvalue weighted by Gasteiger charge is -2.16. The molecular weight excluding hydrogens is 687 g/mol. The lowest BCUT2D eigenvalue weighted by atomic mass is 10.2. The van der Waals surface area contributed by atoms with Crippen molar-refractivity contribution in [1.82, 2.24) is 9.66 Å². The van der Waals surface area contributed by atoms with Crippen molar-refractivity contribution in [1.29, 1.82) is 0 Å². The van der Waals surface area contributed by atoms with Crippen molar-refractivity contribution >= 4 is 83.8 Å². The molecule has 1 amide bonds. The monoisotopic (exact) mass is 708 g/mol. The van der Waals surface area contributed by atoms with Crippen LogP contribution in [-0.4, -0.2) is 35.0 Å². The molecule has 208 valence electrons. The Morgan fingerprint density at radius 3 is 2.55 bits per heavy atom. The van der Waals surface area contributed by atoms with E-state index in [1.807, 2.05) is 19.9 Å². The van der Waals surface area contributed by atoms with Crippen LogP contribution in [0.25, 0.3) is 10.9 Å². The van der Waals surface area contributed by atoms with Gasteiger partial charge in [0.1, 0.15) is 10.8 Å². The van der Waals surface area contributed by atoms with Crippen LogP contribution in [0.1, 0.15) is 31.7 Å². The largest absolute Gasteiger partial charge is 0.490 e. The van der Waals surface area contributed by atoms with Crippen molar-refractivity contribution in [2.45, 2.75) is 26.7 Å². The average molecular weight is 711 g/mol. The highest BCUT2D eigenvalue weighted by molar-refractivity contribution is 9.10. The fourth-order valence-electron chi connectivity index (χ4n) is 3.78. The molecule has 4 aromatic rings. The quantitative estimate of drug-likeness (QED) is 0.172. The number of benzene rings is 3. The van der Waals surface area contributed by atoms with Gasteiger partial charge in [-0.1, -0.05) is 46.1 Å². The first-order valence-electron chi connectivity index (χ1n) is 12.3. The number of aryl methyl sites for hydroxylation is 1. The van der Waals surface area contributed by atoms with Crippen LogP contribution in [0.2, 0.25) is 10.0 Å². The number of anilines is 1. The summed E-state index contributed by atoms with van der Waals surface area (Å²) >= 11 is 19.4. The number of carbonyl (C=O) groups excluding carboxylic acids is 1. The Balaban J connectivity index is 1.64. The standard InChI is InChI=1S/C28H24Br2Cl2N4O4/c1-3-5-23-35-21-11-6-17(29)13-20(21)28(38)36(23)33-14-16-12-22(39-4-2)27(26(32)25(16)30)40-15-24(37)34-19-9-7-18(31)8-10-19/h6-14H,3-5,15H2,1-2H3,(H,34,37). The van der Waals surface area contributed by atoms with E-state index in [1.54, 1.807) is 42.5 Å². The highest BCUT2D eigenvalue weighted by atomic mass is 79.9. The van der Waals surface area contributed by atoms with Crippen LogP contribution in [0.3, 0.4) is 0 Å². The smallest absolute Gasteiger partial charge is 0.282 e. The van der Waals surface area contributed by atoms with Gasteiger partial charge in [-0.3, -0.25) is 9.59 Å². The highest BCUT2D eigenvalue weighted by Gasteiger charge is 2.19. The number of carbonyl (C=O) groups is 1. The van der Waals surface area contributed by atoms with Gasteiger partial charge in [-0.05, 0) is 77.8 Å². The maximum Gasteiger partial charge on any atom is 0.282 e. The van der Waals surface area contributed by atoms with Gasteiger partial charge in [0.2, 0.25) is 0 Å². The molecule has 0 radical (unpaired) electrons. The molecule has 12 heteroatoms. The zero-order chi connectivity index (χ0) is 28.8. The predicted molar refractivity (Wildman–Crippen MR) is 167 cm³/mol. The summed E-state index contributed by atoms with van der Waals surface area (Å²) in [5, 5.41) is 8.40. The number of nitrogens with one attached hydrogen (secondary N) is 1. The molecule has 4 rings (SSSR count). The van der Waals surface area contributed by atoms with Gasteiger partial charge in [0.15, 0.2) is 18.1 Å². The number of amides is 1. The first-order chi connectivity index (χ1) is 19.2. The third-order valence-corrected chi connectivity index (χ3v) is 7.78. The number of hydrogen-bond acceptors (Lipinski definition) is 6. The summed E-state index contributed by atoms with van der Waals surface area (Å²) in [6.07, 6.45) is 2.85.